The van der Waals surface area contributed by atoms with Crippen molar-refractivity contribution < 1.29 is 14.4 Å². The van der Waals surface area contributed by atoms with Crippen molar-refractivity contribution in [3.63, 3.8) is 0 Å². The zero-order valence-electron chi connectivity index (χ0n) is 13.5. The monoisotopic (exact) mass is 308 g/mol. The van der Waals surface area contributed by atoms with Gasteiger partial charge in [-0.25, -0.2) is 0 Å². The first-order valence-corrected chi connectivity index (χ1v) is 6.54. The molecule has 3 N–H and O–H groups in total. The van der Waals surface area contributed by atoms with Gasteiger partial charge in [-0.3, -0.25) is 14.4 Å². The number of Topliss-reactive ketones (excluding diaryl/α,β-unsaturated/α-hetero) is 2. The van der Waals surface area contributed by atoms with E-state index in [0.29, 0.717) is 0 Å². The summed E-state index contributed by atoms with van der Waals surface area (Å²) < 4.78 is 0. The minimum absolute atomic E-state index is 0. The third-order valence-corrected chi connectivity index (χ3v) is 2.65. The maximum absolute atomic E-state index is 10.9. The van der Waals surface area contributed by atoms with E-state index in [9.17, 15) is 14.4 Å². The number of nitrogens with two attached hydrogens (primary N) is 1. The largest absolute Gasteiger partial charge is 0.346 e. The molecule has 0 aliphatic rings. The van der Waals surface area contributed by atoms with Gasteiger partial charge in [-0.1, -0.05) is 27.7 Å². The molecule has 5 nitrogen and oxygen atoms in total. The van der Waals surface area contributed by atoms with E-state index in [-0.39, 0.29) is 53.8 Å². The van der Waals surface area contributed by atoms with E-state index in [0.717, 1.165) is 0 Å². The van der Waals surface area contributed by atoms with Crippen LogP contribution in [-0.4, -0.2) is 29.6 Å². The van der Waals surface area contributed by atoms with Crippen LogP contribution < -0.4 is 11.1 Å². The van der Waals surface area contributed by atoms with Gasteiger partial charge < -0.3 is 11.1 Å². The highest BCUT2D eigenvalue weighted by Gasteiger charge is 2.18. The first kappa shape index (κ1) is 24.1. The Morgan fingerprint density at radius 3 is 1.30 bits per heavy atom. The van der Waals surface area contributed by atoms with Gasteiger partial charge in [0.15, 0.2) is 5.78 Å². The summed E-state index contributed by atoms with van der Waals surface area (Å²) in [6.07, 6.45) is 0. The van der Waals surface area contributed by atoms with Crippen molar-refractivity contribution in [2.45, 2.75) is 60.5 Å². The van der Waals surface area contributed by atoms with Gasteiger partial charge in [0.05, 0.1) is 12.1 Å². The Morgan fingerprint density at radius 1 is 0.850 bits per heavy atom. The van der Waals surface area contributed by atoms with Crippen LogP contribution in [0, 0.1) is 11.8 Å². The van der Waals surface area contributed by atoms with Gasteiger partial charge in [0.2, 0.25) is 5.91 Å². The Kier molecular flexibility index (Phi) is 14.3. The predicted molar refractivity (Wildman–Crippen MR) is 83.9 cm³/mol. The van der Waals surface area contributed by atoms with Gasteiger partial charge in [0.1, 0.15) is 5.78 Å². The lowest BCUT2D eigenvalue weighted by Crippen LogP contribution is -2.42. The van der Waals surface area contributed by atoms with E-state index in [2.05, 4.69) is 5.32 Å². The number of ketones is 2. The van der Waals surface area contributed by atoms with Gasteiger partial charge in [0.25, 0.3) is 0 Å². The molecule has 0 heterocycles. The molecule has 0 bridgehead atoms. The number of hydrogen-bond acceptors (Lipinski definition) is 4. The van der Waals surface area contributed by atoms with Crippen molar-refractivity contribution in [3.05, 3.63) is 0 Å². The van der Waals surface area contributed by atoms with Gasteiger partial charge >= 0.3 is 0 Å². The molecule has 0 saturated carbocycles. The Balaban J connectivity index is -0.000000288. The molecule has 2 unspecified atom stereocenters. The summed E-state index contributed by atoms with van der Waals surface area (Å²) in [5, 5.41) is 2.59. The standard InChI is InChI=1S/C8H15NO2.C6H13NO.ClH/c1-5(2)8(6(3)10)9-7(4)11;1-4(2)6(7)5(3)8;/h5,8H,1-4H3,(H,9,11);4,6H,7H2,1-3H3;1H. The molecule has 0 saturated heterocycles. The third-order valence-electron chi connectivity index (χ3n) is 2.65. The Labute approximate surface area is 128 Å². The van der Waals surface area contributed by atoms with Crippen molar-refractivity contribution in [2.75, 3.05) is 0 Å². The minimum Gasteiger partial charge on any atom is -0.346 e. The second-order valence-electron chi connectivity index (χ2n) is 5.41. The van der Waals surface area contributed by atoms with E-state index in [1.54, 1.807) is 0 Å². The first-order valence-electron chi connectivity index (χ1n) is 6.54. The van der Waals surface area contributed by atoms with Crippen LogP contribution in [0.5, 0.6) is 0 Å². The van der Waals surface area contributed by atoms with Crippen molar-refractivity contribution in [2.24, 2.45) is 17.6 Å². The second-order valence-corrected chi connectivity index (χ2v) is 5.41. The maximum Gasteiger partial charge on any atom is 0.217 e. The Bertz CT molecular complexity index is 318. The zero-order chi connectivity index (χ0) is 15.7. The molecule has 0 aromatic heterocycles. The number of amides is 1. The minimum atomic E-state index is -0.326. The molecule has 1 amide bonds. The summed E-state index contributed by atoms with van der Waals surface area (Å²) in [7, 11) is 0. The number of halogens is 1. The highest BCUT2D eigenvalue weighted by Crippen LogP contribution is 2.01. The predicted octanol–water partition coefficient (Wildman–Crippen LogP) is 1.72. The molecule has 0 aliphatic carbocycles. The van der Waals surface area contributed by atoms with Gasteiger partial charge in [-0.15, -0.1) is 12.4 Å². The molecule has 20 heavy (non-hydrogen) atoms. The topological polar surface area (TPSA) is 89.3 Å². The number of nitrogens with one attached hydrogen (secondary N) is 1. The van der Waals surface area contributed by atoms with Gasteiger partial charge in [0, 0.05) is 6.92 Å². The highest BCUT2D eigenvalue weighted by atomic mass is 35.5. The molecule has 2 atom stereocenters. The molecular weight excluding hydrogens is 280 g/mol. The van der Waals surface area contributed by atoms with Crippen molar-refractivity contribution in [1.29, 1.82) is 0 Å². The van der Waals surface area contributed by atoms with E-state index in [4.69, 9.17) is 5.73 Å². The number of hydrogen-bond donors (Lipinski definition) is 2. The first-order chi connectivity index (χ1) is 8.50. The van der Waals surface area contributed by atoms with Crippen LogP contribution in [-0.2, 0) is 14.4 Å². The number of rotatable bonds is 5. The number of carbonyl (C=O) groups is 3. The fourth-order valence-corrected chi connectivity index (χ4v) is 1.43. The van der Waals surface area contributed by atoms with Crippen LogP contribution in [0.2, 0.25) is 0 Å². The van der Waals surface area contributed by atoms with Crippen LogP contribution in [0.15, 0.2) is 0 Å². The van der Waals surface area contributed by atoms with Crippen molar-refractivity contribution in [1.82, 2.24) is 5.32 Å². The fourth-order valence-electron chi connectivity index (χ4n) is 1.43. The van der Waals surface area contributed by atoms with Crippen molar-refractivity contribution in [3.8, 4) is 0 Å². The van der Waals surface area contributed by atoms with Crippen LogP contribution in [0.3, 0.4) is 0 Å². The lowest BCUT2D eigenvalue weighted by molar-refractivity contribution is -0.126. The molecule has 0 rings (SSSR count). The molecular formula is C14H29ClN2O3. The second kappa shape index (κ2) is 11.9. The fraction of sp³-hybridized carbons (Fsp3) is 0.786. The zero-order valence-corrected chi connectivity index (χ0v) is 14.3. The van der Waals surface area contributed by atoms with E-state index in [1.807, 2.05) is 27.7 Å². The average molecular weight is 309 g/mol. The van der Waals surface area contributed by atoms with E-state index in [1.165, 1.54) is 20.8 Å². The van der Waals surface area contributed by atoms with Crippen LogP contribution in [0.4, 0.5) is 0 Å². The summed E-state index contributed by atoms with van der Waals surface area (Å²) in [6, 6.07) is -0.595. The summed E-state index contributed by atoms with van der Waals surface area (Å²) in [5.41, 5.74) is 5.41. The third kappa shape index (κ3) is 12.1. The average Bonchev–Trinajstić information content (AvgIpc) is 2.24. The molecule has 120 valence electrons. The normalized spacial score (nSPS) is 12.7. The molecule has 6 heteroatoms. The lowest BCUT2D eigenvalue weighted by Gasteiger charge is -2.17. The summed E-state index contributed by atoms with van der Waals surface area (Å²) in [4.78, 5) is 32.0. The molecule has 0 fully saturated rings. The van der Waals surface area contributed by atoms with Crippen LogP contribution in [0.1, 0.15) is 48.5 Å². The molecule has 0 aromatic rings. The smallest absolute Gasteiger partial charge is 0.217 e. The molecule has 0 aromatic carbocycles. The summed E-state index contributed by atoms with van der Waals surface area (Å²) in [5.74, 6) is 0.359. The van der Waals surface area contributed by atoms with Crippen LogP contribution in [0.25, 0.3) is 0 Å². The quantitative estimate of drug-likeness (QED) is 0.809. The maximum atomic E-state index is 10.9. The lowest BCUT2D eigenvalue weighted by atomic mass is 10.0. The SMILES string of the molecule is CC(=O)C(N)C(C)C.CC(=O)NC(C(C)=O)C(C)C.Cl. The van der Waals surface area contributed by atoms with Crippen molar-refractivity contribution >= 4 is 29.9 Å². The van der Waals surface area contributed by atoms with Gasteiger partial charge in [-0.2, -0.15) is 0 Å². The molecule has 0 radical (unpaired) electrons. The van der Waals surface area contributed by atoms with Crippen LogP contribution >= 0.6 is 12.4 Å². The Morgan fingerprint density at radius 2 is 1.25 bits per heavy atom. The van der Waals surface area contributed by atoms with E-state index < -0.39 is 0 Å². The summed E-state index contributed by atoms with van der Waals surface area (Å²) in [6.45, 7) is 12.1. The Hall–Kier alpha value is -0.940. The molecule has 0 aliphatic heterocycles. The number of carbonyl (C=O) groups excluding carboxylic acids is 3. The highest BCUT2D eigenvalue weighted by molar-refractivity contribution is 5.86. The van der Waals surface area contributed by atoms with Gasteiger partial charge in [-0.05, 0) is 25.7 Å². The summed E-state index contributed by atoms with van der Waals surface area (Å²) >= 11 is 0. The van der Waals surface area contributed by atoms with E-state index >= 15 is 0 Å². The molecule has 0 spiro atoms.